The molecule has 1 aromatic carbocycles. The first-order chi connectivity index (χ1) is 14.4. The third kappa shape index (κ3) is 2.17. The van der Waals surface area contributed by atoms with Gasteiger partial charge in [0.05, 0.1) is 29.7 Å². The number of aromatic nitrogens is 2. The van der Waals surface area contributed by atoms with Crippen LogP contribution in [-0.2, 0) is 32.2 Å². The van der Waals surface area contributed by atoms with Crippen molar-refractivity contribution in [3.8, 4) is 11.4 Å². The molecule has 2 atom stereocenters. The first-order valence-corrected chi connectivity index (χ1v) is 9.59. The first kappa shape index (κ1) is 18.7. The molecule has 0 saturated heterocycles. The third-order valence-electron chi connectivity index (χ3n) is 6.06. The summed E-state index contributed by atoms with van der Waals surface area (Å²) >= 11 is 0. The topological polar surface area (TPSA) is 114 Å². The number of ether oxygens (including phenoxy) is 2. The highest BCUT2D eigenvalue weighted by molar-refractivity contribution is 5.89. The maximum atomic E-state index is 13.6. The molecule has 0 aliphatic carbocycles. The number of fused-ring (bicyclic) bond motifs is 5. The van der Waals surface area contributed by atoms with Crippen molar-refractivity contribution in [2.45, 2.75) is 31.3 Å². The maximum Gasteiger partial charge on any atom is 0.345 e. The Morgan fingerprint density at radius 1 is 1.33 bits per heavy atom. The van der Waals surface area contributed by atoms with Gasteiger partial charge in [-0.15, -0.1) is 0 Å². The summed E-state index contributed by atoms with van der Waals surface area (Å²) in [6, 6.07) is 11.2. The largest absolute Gasteiger partial charge is 0.420 e. The highest BCUT2D eigenvalue weighted by Gasteiger charge is 2.55. The smallest absolute Gasteiger partial charge is 0.345 e. The van der Waals surface area contributed by atoms with Gasteiger partial charge in [-0.2, -0.15) is 0 Å². The number of methoxy groups -OCH3 is 1. The zero-order chi connectivity index (χ0) is 21.3. The number of nitrogens with one attached hydrogen (secondary N) is 1. The van der Waals surface area contributed by atoms with Crippen LogP contribution in [0.25, 0.3) is 22.3 Å². The Bertz CT molecular complexity index is 1310. The quantitative estimate of drug-likeness (QED) is 0.398. The predicted octanol–water partition coefficient (Wildman–Crippen LogP) is 2.03. The number of rotatable bonds is 3. The highest BCUT2D eigenvalue weighted by atomic mass is 16.7. The fraction of sp³-hybridized carbons (Fsp3) is 0.273. The van der Waals surface area contributed by atoms with E-state index in [-0.39, 0.29) is 24.1 Å². The predicted molar refractivity (Wildman–Crippen MR) is 108 cm³/mol. The fourth-order valence-corrected chi connectivity index (χ4v) is 4.36. The van der Waals surface area contributed by atoms with E-state index in [2.05, 4.69) is 0 Å². The lowest BCUT2D eigenvalue weighted by Crippen LogP contribution is -2.54. The molecule has 2 aromatic heterocycles. The van der Waals surface area contributed by atoms with Crippen LogP contribution in [0.4, 0.5) is 0 Å². The van der Waals surface area contributed by atoms with Crippen LogP contribution in [0.1, 0.15) is 30.0 Å². The van der Waals surface area contributed by atoms with Gasteiger partial charge in [0.2, 0.25) is 0 Å². The Balaban J connectivity index is 1.87. The molecule has 2 N–H and O–H groups in total. The van der Waals surface area contributed by atoms with Gasteiger partial charge in [-0.05, 0) is 24.6 Å². The monoisotopic (exact) mass is 405 g/mol. The molecule has 2 aliphatic heterocycles. The molecule has 0 fully saturated rings. The molecule has 0 amide bonds. The van der Waals surface area contributed by atoms with E-state index in [1.165, 1.54) is 11.7 Å². The standard InChI is InChI=1S/C22H19N3O5/c1-3-21(28)14-9-16-18-13(8-12-6-4-5-7-15(12)24-18)10-25(16)19(26)17(14)22(11-23,29-2)30-20(21)27/h4-9,11,23,28H,3,10H2,1-2H3/t21-,22?/m0/s1. The van der Waals surface area contributed by atoms with Crippen LogP contribution >= 0.6 is 0 Å². The van der Waals surface area contributed by atoms with Gasteiger partial charge >= 0.3 is 5.97 Å². The zero-order valence-corrected chi connectivity index (χ0v) is 16.4. The minimum Gasteiger partial charge on any atom is -0.420 e. The summed E-state index contributed by atoms with van der Waals surface area (Å²) in [5, 5.41) is 19.9. The molecule has 3 aromatic rings. The Morgan fingerprint density at radius 2 is 2.10 bits per heavy atom. The van der Waals surface area contributed by atoms with E-state index in [4.69, 9.17) is 19.9 Å². The summed E-state index contributed by atoms with van der Waals surface area (Å²) in [6.45, 7) is 1.91. The average Bonchev–Trinajstić information content (AvgIpc) is 3.12. The number of benzene rings is 1. The second-order valence-electron chi connectivity index (χ2n) is 7.52. The van der Waals surface area contributed by atoms with Crippen molar-refractivity contribution in [3.63, 3.8) is 0 Å². The van der Waals surface area contributed by atoms with Crippen molar-refractivity contribution in [2.24, 2.45) is 0 Å². The molecule has 152 valence electrons. The Morgan fingerprint density at radius 3 is 2.80 bits per heavy atom. The molecule has 8 heteroatoms. The van der Waals surface area contributed by atoms with Crippen molar-refractivity contribution in [1.29, 1.82) is 5.41 Å². The van der Waals surface area contributed by atoms with Gasteiger partial charge in [0.25, 0.3) is 11.3 Å². The SMILES string of the molecule is CC[C@@]1(O)C(=O)OC(C=N)(OC)c2c1cc1n(c2=O)Cc2cc3ccccc3nc2-1. The van der Waals surface area contributed by atoms with Gasteiger partial charge < -0.3 is 24.6 Å². The normalized spacial score (nSPS) is 24.2. The molecular weight excluding hydrogens is 386 g/mol. The van der Waals surface area contributed by atoms with Gasteiger partial charge in [-0.25, -0.2) is 9.78 Å². The lowest BCUT2D eigenvalue weighted by Gasteiger charge is -2.40. The van der Waals surface area contributed by atoms with Crippen LogP contribution in [0.15, 0.2) is 41.2 Å². The fourth-order valence-electron chi connectivity index (χ4n) is 4.36. The molecule has 2 aliphatic rings. The second-order valence-corrected chi connectivity index (χ2v) is 7.52. The molecule has 0 bridgehead atoms. The molecular formula is C22H19N3O5. The average molecular weight is 405 g/mol. The van der Waals surface area contributed by atoms with Crippen LogP contribution < -0.4 is 5.56 Å². The Hall–Kier alpha value is -3.36. The van der Waals surface area contributed by atoms with Crippen molar-refractivity contribution in [3.05, 3.63) is 63.4 Å². The number of carbonyl (C=O) groups excluding carboxylic acids is 1. The number of nitrogens with zero attached hydrogens (tertiary/aromatic N) is 2. The van der Waals surface area contributed by atoms with Crippen molar-refractivity contribution in [2.75, 3.05) is 7.11 Å². The van der Waals surface area contributed by atoms with Crippen molar-refractivity contribution < 1.29 is 19.4 Å². The van der Waals surface area contributed by atoms with E-state index >= 15 is 0 Å². The molecule has 8 nitrogen and oxygen atoms in total. The van der Waals surface area contributed by atoms with Crippen molar-refractivity contribution in [1.82, 2.24) is 9.55 Å². The third-order valence-corrected chi connectivity index (χ3v) is 6.06. The summed E-state index contributed by atoms with van der Waals surface area (Å²) in [5.74, 6) is -2.95. The van der Waals surface area contributed by atoms with E-state index in [0.717, 1.165) is 22.7 Å². The van der Waals surface area contributed by atoms with E-state index in [1.807, 2.05) is 30.3 Å². The molecule has 5 rings (SSSR count). The van der Waals surface area contributed by atoms with E-state index in [9.17, 15) is 14.7 Å². The minimum absolute atomic E-state index is 0.00245. The van der Waals surface area contributed by atoms with Crippen LogP contribution in [0.5, 0.6) is 0 Å². The van der Waals surface area contributed by atoms with E-state index in [0.29, 0.717) is 11.4 Å². The first-order valence-electron chi connectivity index (χ1n) is 9.59. The number of carbonyl (C=O) groups is 1. The zero-order valence-electron chi connectivity index (χ0n) is 16.4. The van der Waals surface area contributed by atoms with Crippen molar-refractivity contribution >= 4 is 23.1 Å². The Labute approximate surface area is 171 Å². The molecule has 0 radical (unpaired) electrons. The summed E-state index contributed by atoms with van der Waals surface area (Å²) in [7, 11) is 1.25. The lowest BCUT2D eigenvalue weighted by molar-refractivity contribution is -0.224. The summed E-state index contributed by atoms with van der Waals surface area (Å²) < 4.78 is 12.1. The van der Waals surface area contributed by atoms with Gasteiger partial charge in [-0.3, -0.25) is 4.79 Å². The molecule has 4 heterocycles. The molecule has 30 heavy (non-hydrogen) atoms. The number of aliphatic hydroxyl groups is 1. The lowest BCUT2D eigenvalue weighted by atomic mass is 9.82. The van der Waals surface area contributed by atoms with E-state index in [1.54, 1.807) is 13.0 Å². The number of para-hydroxylation sites is 1. The summed E-state index contributed by atoms with van der Waals surface area (Å²) in [4.78, 5) is 31.0. The van der Waals surface area contributed by atoms with Gasteiger partial charge in [0.1, 0.15) is 5.56 Å². The van der Waals surface area contributed by atoms with Crippen LogP contribution in [0, 0.1) is 5.41 Å². The number of esters is 1. The number of hydrogen-bond donors (Lipinski definition) is 2. The summed E-state index contributed by atoms with van der Waals surface area (Å²) in [6.07, 6.45) is 0.763. The number of pyridine rings is 2. The Kier molecular flexibility index (Phi) is 3.77. The highest BCUT2D eigenvalue weighted by Crippen LogP contribution is 2.43. The summed E-state index contributed by atoms with van der Waals surface area (Å²) in [5.41, 5.74) is 0.295. The maximum absolute atomic E-state index is 13.6. The number of cyclic esters (lactones) is 1. The molecule has 1 unspecified atom stereocenters. The second kappa shape index (κ2) is 6.07. The van der Waals surface area contributed by atoms with Crippen LogP contribution in [0.2, 0.25) is 0 Å². The van der Waals surface area contributed by atoms with Crippen LogP contribution in [-0.4, -0.2) is 34.0 Å². The molecule has 0 saturated carbocycles. The van der Waals surface area contributed by atoms with Crippen LogP contribution in [0.3, 0.4) is 0 Å². The molecule has 0 spiro atoms. The van der Waals surface area contributed by atoms with Gasteiger partial charge in [-0.1, -0.05) is 25.1 Å². The van der Waals surface area contributed by atoms with E-state index < -0.39 is 22.9 Å². The van der Waals surface area contributed by atoms with Gasteiger partial charge in [0.15, 0.2) is 5.60 Å². The number of hydrogen-bond acceptors (Lipinski definition) is 7. The van der Waals surface area contributed by atoms with Gasteiger partial charge in [0, 0.05) is 23.6 Å². The minimum atomic E-state index is -2.02.